The van der Waals surface area contributed by atoms with E-state index in [1.165, 1.54) is 12.1 Å². The Hall–Kier alpha value is -1.21. The number of fused-ring (bicyclic) bond motifs is 1. The molecule has 0 aliphatic heterocycles. The number of hydrogen-bond acceptors (Lipinski definition) is 2. The van der Waals surface area contributed by atoms with Crippen LogP contribution in [-0.4, -0.2) is 9.96 Å². The van der Waals surface area contributed by atoms with Gasteiger partial charge in [-0.15, -0.1) is 0 Å². The van der Waals surface area contributed by atoms with Gasteiger partial charge in [0.05, 0.1) is 15.7 Å². The lowest BCUT2D eigenvalue weighted by atomic mass is 10.1. The summed E-state index contributed by atoms with van der Waals surface area (Å²) in [5.74, 6) is 0.652. The summed E-state index contributed by atoms with van der Waals surface area (Å²) in [4.78, 5) is 0.657. The van der Waals surface area contributed by atoms with Crippen LogP contribution in [0.2, 0.25) is 0 Å². The highest BCUT2D eigenvalue weighted by molar-refractivity contribution is 14.1. The smallest absolute Gasteiger partial charge is 0.151 e. The van der Waals surface area contributed by atoms with Crippen molar-refractivity contribution < 1.29 is 13.0 Å². The van der Waals surface area contributed by atoms with Crippen LogP contribution in [0.3, 0.4) is 0 Å². The summed E-state index contributed by atoms with van der Waals surface area (Å²) in [7, 11) is -1.19. The summed E-state index contributed by atoms with van der Waals surface area (Å²) in [6.45, 7) is 3.83. The van der Waals surface area contributed by atoms with Crippen LogP contribution in [0.4, 0.5) is 4.39 Å². The Morgan fingerprint density at radius 3 is 2.73 bits per heavy atom. The maximum absolute atomic E-state index is 13.5. The van der Waals surface area contributed by atoms with E-state index in [0.717, 1.165) is 20.1 Å². The molecule has 1 unspecified atom stereocenters. The van der Waals surface area contributed by atoms with Gasteiger partial charge in [-0.3, -0.25) is 4.21 Å². The van der Waals surface area contributed by atoms with Crippen molar-refractivity contribution in [1.29, 1.82) is 0 Å². The Bertz CT molecular complexity index is 886. The van der Waals surface area contributed by atoms with Crippen LogP contribution in [0.5, 0.6) is 0 Å². The molecule has 0 bridgehead atoms. The zero-order valence-corrected chi connectivity index (χ0v) is 15.1. The molecular weight excluding hydrogens is 414 g/mol. The van der Waals surface area contributed by atoms with E-state index < -0.39 is 10.8 Å². The molecule has 0 aliphatic rings. The lowest BCUT2D eigenvalue weighted by Gasteiger charge is -2.02. The molecule has 0 radical (unpaired) electrons. The highest BCUT2D eigenvalue weighted by Crippen LogP contribution is 2.38. The molecule has 3 aromatic rings. The third-order valence-corrected chi connectivity index (χ3v) is 5.48. The van der Waals surface area contributed by atoms with Gasteiger partial charge < -0.3 is 4.42 Å². The highest BCUT2D eigenvalue weighted by Gasteiger charge is 2.22. The molecule has 0 spiro atoms. The molecule has 0 saturated heterocycles. The van der Waals surface area contributed by atoms with E-state index in [9.17, 15) is 8.60 Å². The van der Waals surface area contributed by atoms with Crippen LogP contribution in [0, 0.1) is 16.3 Å². The topological polar surface area (TPSA) is 30.2 Å². The fraction of sp³-hybridized carbons (Fsp3) is 0.176. The molecule has 1 atom stereocenters. The van der Waals surface area contributed by atoms with Gasteiger partial charge in [-0.1, -0.05) is 19.1 Å². The first-order valence-electron chi connectivity index (χ1n) is 6.88. The summed E-state index contributed by atoms with van der Waals surface area (Å²) >= 11 is 2.23. The van der Waals surface area contributed by atoms with E-state index in [0.29, 0.717) is 22.0 Å². The predicted octanol–water partition coefficient (Wildman–Crippen LogP) is 5.28. The minimum atomic E-state index is -1.19. The van der Waals surface area contributed by atoms with Crippen LogP contribution in [0.15, 0.2) is 45.7 Å². The van der Waals surface area contributed by atoms with Gasteiger partial charge in [-0.25, -0.2) is 4.39 Å². The maximum atomic E-state index is 13.5. The quantitative estimate of drug-likeness (QED) is 0.532. The molecule has 114 valence electrons. The van der Waals surface area contributed by atoms with E-state index >= 15 is 0 Å². The molecule has 0 N–H and O–H groups in total. The predicted molar refractivity (Wildman–Crippen MR) is 96.0 cm³/mol. The summed E-state index contributed by atoms with van der Waals surface area (Å²) in [6, 6.07) is 10.2. The van der Waals surface area contributed by atoms with Gasteiger partial charge in [0, 0.05) is 20.3 Å². The van der Waals surface area contributed by atoms with Crippen molar-refractivity contribution in [2.75, 3.05) is 5.75 Å². The second kappa shape index (κ2) is 6.12. The van der Waals surface area contributed by atoms with Crippen LogP contribution in [0.1, 0.15) is 12.5 Å². The SMILES string of the molecule is CCS(=O)c1c(-c2cccc(F)c2)oc2c(C)cc(I)cc12. The number of furan rings is 1. The Balaban J connectivity index is 2.39. The molecule has 2 nitrogen and oxygen atoms in total. The standard InChI is InChI=1S/C17H14FIO2S/c1-3-22(20)17-14-9-13(19)7-10(2)15(14)21-16(17)11-5-4-6-12(18)8-11/h4-9H,3H2,1-2H3. The van der Waals surface area contributed by atoms with Gasteiger partial charge in [0.25, 0.3) is 0 Å². The average molecular weight is 428 g/mol. The molecule has 22 heavy (non-hydrogen) atoms. The lowest BCUT2D eigenvalue weighted by molar-refractivity contribution is 0.611. The van der Waals surface area contributed by atoms with Crippen molar-refractivity contribution in [3.8, 4) is 11.3 Å². The largest absolute Gasteiger partial charge is 0.454 e. The van der Waals surface area contributed by atoms with Gasteiger partial charge in [-0.05, 0) is 59.3 Å². The third kappa shape index (κ3) is 2.72. The lowest BCUT2D eigenvalue weighted by Crippen LogP contribution is -1.95. The highest BCUT2D eigenvalue weighted by atomic mass is 127. The van der Waals surface area contributed by atoms with Crippen LogP contribution < -0.4 is 0 Å². The fourth-order valence-corrected chi connectivity index (χ4v) is 4.33. The zero-order valence-electron chi connectivity index (χ0n) is 12.2. The van der Waals surface area contributed by atoms with Gasteiger partial charge in [0.15, 0.2) is 5.76 Å². The molecule has 0 saturated carbocycles. The first-order chi connectivity index (χ1) is 10.5. The van der Waals surface area contributed by atoms with Crippen molar-refractivity contribution in [2.24, 2.45) is 0 Å². The Morgan fingerprint density at radius 2 is 2.05 bits per heavy atom. The molecular formula is C17H14FIO2S. The van der Waals surface area contributed by atoms with Gasteiger partial charge >= 0.3 is 0 Å². The van der Waals surface area contributed by atoms with Crippen molar-refractivity contribution in [1.82, 2.24) is 0 Å². The Morgan fingerprint density at radius 1 is 1.27 bits per heavy atom. The van der Waals surface area contributed by atoms with Crippen molar-refractivity contribution in [3.63, 3.8) is 0 Å². The summed E-state index contributed by atoms with van der Waals surface area (Å²) in [5.41, 5.74) is 2.32. The number of benzene rings is 2. The van der Waals surface area contributed by atoms with Crippen LogP contribution in [-0.2, 0) is 10.8 Å². The fourth-order valence-electron chi connectivity index (χ4n) is 2.49. The van der Waals surface area contributed by atoms with E-state index in [2.05, 4.69) is 22.6 Å². The van der Waals surface area contributed by atoms with E-state index in [-0.39, 0.29) is 5.82 Å². The summed E-state index contributed by atoms with van der Waals surface area (Å²) in [6.07, 6.45) is 0. The first kappa shape index (κ1) is 15.7. The molecule has 1 aromatic heterocycles. The van der Waals surface area contributed by atoms with E-state index in [1.807, 2.05) is 26.0 Å². The van der Waals surface area contributed by atoms with Crippen LogP contribution >= 0.6 is 22.6 Å². The molecule has 0 fully saturated rings. The second-order valence-electron chi connectivity index (χ2n) is 5.00. The van der Waals surface area contributed by atoms with Crippen molar-refractivity contribution in [2.45, 2.75) is 18.7 Å². The minimum Gasteiger partial charge on any atom is -0.454 e. The number of aryl methyl sites for hydroxylation is 1. The average Bonchev–Trinajstić information content (AvgIpc) is 2.86. The Kier molecular flexibility index (Phi) is 4.36. The molecule has 0 aliphatic carbocycles. The first-order valence-corrected chi connectivity index (χ1v) is 9.28. The number of hydrogen-bond donors (Lipinski definition) is 0. The zero-order chi connectivity index (χ0) is 15.9. The summed E-state index contributed by atoms with van der Waals surface area (Å²) in [5, 5.41) is 0.851. The van der Waals surface area contributed by atoms with Crippen molar-refractivity contribution >= 4 is 44.4 Å². The Labute approximate surface area is 144 Å². The van der Waals surface area contributed by atoms with Gasteiger partial charge in [0.1, 0.15) is 11.4 Å². The van der Waals surface area contributed by atoms with Crippen molar-refractivity contribution in [3.05, 3.63) is 51.3 Å². The molecule has 2 aromatic carbocycles. The van der Waals surface area contributed by atoms with Crippen LogP contribution in [0.25, 0.3) is 22.3 Å². The van der Waals surface area contributed by atoms with Gasteiger partial charge in [0.2, 0.25) is 0 Å². The molecule has 5 heteroatoms. The van der Waals surface area contributed by atoms with E-state index in [1.54, 1.807) is 12.1 Å². The molecule has 1 heterocycles. The second-order valence-corrected chi connectivity index (χ2v) is 7.93. The molecule has 3 rings (SSSR count). The third-order valence-electron chi connectivity index (χ3n) is 3.47. The van der Waals surface area contributed by atoms with Gasteiger partial charge in [-0.2, -0.15) is 0 Å². The normalized spacial score (nSPS) is 12.7. The maximum Gasteiger partial charge on any atom is 0.151 e. The number of rotatable bonds is 3. The summed E-state index contributed by atoms with van der Waals surface area (Å²) < 4.78 is 33.1. The minimum absolute atomic E-state index is 0.336. The number of halogens is 2. The van der Waals surface area contributed by atoms with E-state index in [4.69, 9.17) is 4.42 Å². The monoisotopic (exact) mass is 428 g/mol. The molecule has 0 amide bonds.